The van der Waals surface area contributed by atoms with Gasteiger partial charge in [0, 0.05) is 16.9 Å². The van der Waals surface area contributed by atoms with Gasteiger partial charge in [-0.3, -0.25) is 9.59 Å². The lowest BCUT2D eigenvalue weighted by molar-refractivity contribution is -0.163. The van der Waals surface area contributed by atoms with Crippen molar-refractivity contribution in [1.29, 1.82) is 0 Å². The van der Waals surface area contributed by atoms with Crippen LogP contribution < -0.4 is 0 Å². The van der Waals surface area contributed by atoms with Crippen LogP contribution in [0, 0.1) is 34.0 Å². The van der Waals surface area contributed by atoms with Crippen LogP contribution in [0.2, 0.25) is 5.02 Å². The Labute approximate surface area is 267 Å². The highest BCUT2D eigenvalue weighted by Crippen LogP contribution is 2.77. The number of esters is 1. The number of hydrogen-bond acceptors (Lipinski definition) is 8. The number of aliphatic hydroxyl groups excluding tert-OH is 2. The summed E-state index contributed by atoms with van der Waals surface area (Å²) in [4.78, 5) is 29.1. The zero-order valence-electron chi connectivity index (χ0n) is 26.1. The van der Waals surface area contributed by atoms with E-state index in [0.29, 0.717) is 42.7 Å². The number of ether oxygens (including phenoxy) is 1. The summed E-state index contributed by atoms with van der Waals surface area (Å²) < 4.78 is 7.60. The SMILES string of the molecule is C=C1C[C@]23C[C@@]1(O)CC[C@H]2[C@@]12C=C[C@H](O)[C@](C)(C(=O)O1)[C@H]2[C@@H]3C(=O)O.CC(C)(C)[C@H](O)[C@H](Cc1ccc(Cl)cc1)n1cncn1. The molecule has 1 aliphatic heterocycles. The molecule has 1 saturated heterocycles. The third-order valence-corrected chi connectivity index (χ3v) is 11.8. The molecule has 242 valence electrons. The van der Waals surface area contributed by atoms with Gasteiger partial charge in [-0.05, 0) is 79.2 Å². The van der Waals surface area contributed by atoms with Crippen molar-refractivity contribution in [1.82, 2.24) is 14.8 Å². The minimum atomic E-state index is -1.27. The van der Waals surface area contributed by atoms with E-state index in [-0.39, 0.29) is 17.4 Å². The summed E-state index contributed by atoms with van der Waals surface area (Å²) in [7, 11) is 0. The predicted molar refractivity (Wildman–Crippen MR) is 165 cm³/mol. The number of nitrogens with zero attached hydrogens (tertiary/aromatic N) is 3. The van der Waals surface area contributed by atoms with Gasteiger partial charge in [-0.1, -0.05) is 57.2 Å². The quantitative estimate of drug-likeness (QED) is 0.279. The maximum absolute atomic E-state index is 12.7. The van der Waals surface area contributed by atoms with Gasteiger partial charge in [0.05, 0.1) is 29.8 Å². The molecular formula is C34H42ClN3O7. The molecule has 2 aromatic rings. The van der Waals surface area contributed by atoms with E-state index in [1.165, 1.54) is 6.33 Å². The van der Waals surface area contributed by atoms with Gasteiger partial charge in [0.25, 0.3) is 0 Å². The summed E-state index contributed by atoms with van der Waals surface area (Å²) in [6.45, 7) is 11.7. The van der Waals surface area contributed by atoms with E-state index < -0.39 is 58.0 Å². The molecule has 11 heteroatoms. The second-order valence-electron chi connectivity index (χ2n) is 15.0. The molecule has 2 heterocycles. The molecule has 3 saturated carbocycles. The first-order valence-corrected chi connectivity index (χ1v) is 15.9. The first-order valence-electron chi connectivity index (χ1n) is 15.5. The third kappa shape index (κ3) is 4.62. The Kier molecular flexibility index (Phi) is 7.44. The Bertz CT molecular complexity index is 1540. The van der Waals surface area contributed by atoms with Gasteiger partial charge < -0.3 is 25.2 Å². The van der Waals surface area contributed by atoms with Crippen molar-refractivity contribution < 1.29 is 34.8 Å². The predicted octanol–water partition coefficient (Wildman–Crippen LogP) is 4.15. The second-order valence-corrected chi connectivity index (χ2v) is 15.5. The smallest absolute Gasteiger partial charge is 0.316 e. The van der Waals surface area contributed by atoms with Crippen LogP contribution in [0.15, 0.2) is 61.2 Å². The first kappa shape index (κ1) is 31.9. The van der Waals surface area contributed by atoms with Crippen molar-refractivity contribution in [3.8, 4) is 0 Å². The molecule has 7 rings (SSSR count). The van der Waals surface area contributed by atoms with Crippen molar-refractivity contribution in [2.75, 3.05) is 0 Å². The molecule has 0 amide bonds. The fraction of sp³-hybridized carbons (Fsp3) is 0.588. The lowest BCUT2D eigenvalue weighted by Crippen LogP contribution is -2.50. The molecule has 0 radical (unpaired) electrons. The highest BCUT2D eigenvalue weighted by Gasteiger charge is 2.83. The van der Waals surface area contributed by atoms with Crippen LogP contribution in [-0.4, -0.2) is 70.5 Å². The molecule has 10 atom stereocenters. The number of carboxylic acid groups (broad SMARTS) is 1. The van der Waals surface area contributed by atoms with Crippen LogP contribution in [0.5, 0.6) is 0 Å². The molecule has 4 fully saturated rings. The monoisotopic (exact) mass is 639 g/mol. The Morgan fingerprint density at radius 1 is 1.27 bits per heavy atom. The minimum Gasteiger partial charge on any atom is -0.481 e. The van der Waals surface area contributed by atoms with Crippen molar-refractivity contribution in [3.05, 3.63) is 71.8 Å². The topological polar surface area (TPSA) is 155 Å². The summed E-state index contributed by atoms with van der Waals surface area (Å²) in [5, 5.41) is 47.1. The standard InChI is InChI=1S/C19H22O6.C15H20ClN3O/c1-9-7-17-8-18(9,24)5-3-10(17)19-6-4-11(20)16(2,15(23)25-19)13(19)12(17)14(21)22;1-15(2,3)14(20)13(19-10-17-9-18-19)8-11-4-6-12(16)7-5-11/h4,6,10-13,20,24H,1,3,5,7-8H2,2H3,(H,21,22);4-7,9-10,13-14,20H,8H2,1-3H3/t10-,11+,12-,13-,16+,17+,18+,19-;13-,14+/m10/s1. The van der Waals surface area contributed by atoms with Crippen LogP contribution >= 0.6 is 11.6 Å². The van der Waals surface area contributed by atoms with Gasteiger partial charge in [-0.15, -0.1) is 0 Å². The van der Waals surface area contributed by atoms with Gasteiger partial charge in [0.1, 0.15) is 23.7 Å². The summed E-state index contributed by atoms with van der Waals surface area (Å²) in [6.07, 6.45) is 7.40. The lowest BCUT2D eigenvalue weighted by Gasteiger charge is -2.44. The molecule has 45 heavy (non-hydrogen) atoms. The normalized spacial score (nSPS) is 38.9. The third-order valence-electron chi connectivity index (χ3n) is 11.5. The van der Waals surface area contributed by atoms with Crippen LogP contribution in [-0.2, 0) is 20.7 Å². The highest BCUT2D eigenvalue weighted by molar-refractivity contribution is 6.30. The van der Waals surface area contributed by atoms with E-state index in [1.54, 1.807) is 30.1 Å². The van der Waals surface area contributed by atoms with Gasteiger partial charge in [-0.25, -0.2) is 9.67 Å². The number of halogens is 1. The molecule has 10 nitrogen and oxygen atoms in total. The van der Waals surface area contributed by atoms with Gasteiger partial charge in [0.2, 0.25) is 0 Å². The number of hydrogen-bond donors (Lipinski definition) is 4. The van der Waals surface area contributed by atoms with Gasteiger partial charge in [-0.2, -0.15) is 5.10 Å². The van der Waals surface area contributed by atoms with Crippen LogP contribution in [0.1, 0.15) is 65.0 Å². The van der Waals surface area contributed by atoms with E-state index in [9.17, 15) is 30.0 Å². The Hall–Kier alpha value is -3.05. The van der Waals surface area contributed by atoms with E-state index in [4.69, 9.17) is 16.3 Å². The number of benzene rings is 1. The number of fused-ring (bicyclic) bond motifs is 1. The number of aliphatic hydroxyl groups is 3. The average molecular weight is 640 g/mol. The number of aromatic nitrogens is 3. The Balaban J connectivity index is 0.000000164. The van der Waals surface area contributed by atoms with E-state index >= 15 is 0 Å². The van der Waals surface area contributed by atoms with Crippen LogP contribution in [0.4, 0.5) is 0 Å². The molecule has 1 spiro atoms. The van der Waals surface area contributed by atoms with E-state index in [2.05, 4.69) is 16.7 Å². The minimum absolute atomic E-state index is 0.154. The van der Waals surface area contributed by atoms with Gasteiger partial charge >= 0.3 is 11.9 Å². The largest absolute Gasteiger partial charge is 0.481 e. The van der Waals surface area contributed by atoms with E-state index in [0.717, 1.165) is 5.56 Å². The summed E-state index contributed by atoms with van der Waals surface area (Å²) in [6, 6.07) is 7.51. The fourth-order valence-corrected chi connectivity index (χ4v) is 9.44. The molecule has 4 aliphatic carbocycles. The fourth-order valence-electron chi connectivity index (χ4n) is 9.31. The molecule has 1 aromatic heterocycles. The van der Waals surface area contributed by atoms with Crippen molar-refractivity contribution in [2.45, 2.75) is 89.3 Å². The first-order chi connectivity index (χ1) is 21.0. The number of carbonyl (C=O) groups excluding carboxylic acids is 1. The number of aliphatic carboxylic acids is 1. The Morgan fingerprint density at radius 3 is 2.56 bits per heavy atom. The van der Waals surface area contributed by atoms with Crippen molar-refractivity contribution >= 4 is 23.5 Å². The maximum atomic E-state index is 12.7. The molecule has 1 aromatic carbocycles. The molecule has 0 unspecified atom stereocenters. The van der Waals surface area contributed by atoms with Crippen LogP contribution in [0.3, 0.4) is 0 Å². The summed E-state index contributed by atoms with van der Waals surface area (Å²) in [5.41, 5.74) is -2.42. The van der Waals surface area contributed by atoms with Gasteiger partial charge in [0.15, 0.2) is 0 Å². The molecule has 5 aliphatic rings. The number of carbonyl (C=O) groups is 2. The molecule has 4 N–H and O–H groups in total. The summed E-state index contributed by atoms with van der Waals surface area (Å²) >= 11 is 5.91. The number of carboxylic acids is 1. The number of rotatable bonds is 5. The average Bonchev–Trinajstić information content (AvgIpc) is 3.66. The molecular weight excluding hydrogens is 598 g/mol. The van der Waals surface area contributed by atoms with Crippen molar-refractivity contribution in [3.63, 3.8) is 0 Å². The zero-order chi connectivity index (χ0) is 32.7. The maximum Gasteiger partial charge on any atom is 0.316 e. The lowest BCUT2D eigenvalue weighted by atomic mass is 9.61. The van der Waals surface area contributed by atoms with Crippen LogP contribution in [0.25, 0.3) is 0 Å². The van der Waals surface area contributed by atoms with Crippen molar-refractivity contribution in [2.24, 2.45) is 34.0 Å². The second kappa shape index (κ2) is 10.5. The molecule has 4 bridgehead atoms. The summed E-state index contributed by atoms with van der Waals surface area (Å²) in [5.74, 6) is -3.18. The van der Waals surface area contributed by atoms with E-state index in [1.807, 2.05) is 45.0 Å². The zero-order valence-corrected chi connectivity index (χ0v) is 26.8. The highest BCUT2D eigenvalue weighted by atomic mass is 35.5. The Morgan fingerprint density at radius 2 is 1.96 bits per heavy atom.